The number of likely N-dealkylation sites (N-methyl/N-ethyl adjacent to an activating group) is 1. The fraction of sp³-hybridized carbons (Fsp3) is 0.667. The number of fused-ring (bicyclic) bond motifs is 1. The minimum absolute atomic E-state index is 0.0286. The monoisotopic (exact) mass is 421 g/mol. The Morgan fingerprint density at radius 3 is 2.72 bits per heavy atom. The zero-order chi connectivity index (χ0) is 20.2. The molecular weight excluding hydrogens is 394 g/mol. The molecule has 158 valence electrons. The molecule has 2 aliphatic heterocycles. The molecule has 0 saturated carbocycles. The van der Waals surface area contributed by atoms with Crippen LogP contribution in [0, 0.1) is 0 Å². The smallest absolute Gasteiger partial charge is 0.288 e. The Labute approximate surface area is 173 Å². The predicted octanol–water partition coefficient (Wildman–Crippen LogP) is -0.645. The second kappa shape index (κ2) is 9.16. The molecule has 0 radical (unpaired) electrons. The molecule has 11 heteroatoms. The SMILES string of the molecule is CN1CCN(CCCNC(=O)c2cnc3sc(N4CCOCC4)nn3c2=O)CC1. The first kappa shape index (κ1) is 20.2. The number of hydrogen-bond donors (Lipinski definition) is 1. The molecule has 0 unspecified atom stereocenters. The summed E-state index contributed by atoms with van der Waals surface area (Å²) in [6, 6.07) is 0. The first-order chi connectivity index (χ1) is 14.1. The summed E-state index contributed by atoms with van der Waals surface area (Å²) >= 11 is 1.35. The lowest BCUT2D eigenvalue weighted by molar-refractivity contribution is 0.0947. The largest absolute Gasteiger partial charge is 0.378 e. The summed E-state index contributed by atoms with van der Waals surface area (Å²) in [5.74, 6) is -0.392. The molecule has 0 aromatic carbocycles. The molecule has 2 fully saturated rings. The normalized spacial score (nSPS) is 19.0. The predicted molar refractivity (Wildman–Crippen MR) is 111 cm³/mol. The summed E-state index contributed by atoms with van der Waals surface area (Å²) in [7, 11) is 2.13. The molecule has 1 amide bonds. The Morgan fingerprint density at radius 2 is 1.97 bits per heavy atom. The number of nitrogens with one attached hydrogen (secondary N) is 1. The van der Waals surface area contributed by atoms with Crippen LogP contribution in [-0.2, 0) is 4.74 Å². The number of anilines is 1. The number of carbonyl (C=O) groups excluding carboxylic acids is 1. The van der Waals surface area contributed by atoms with Crippen molar-refractivity contribution in [3.63, 3.8) is 0 Å². The Bertz CT molecular complexity index is 900. The van der Waals surface area contributed by atoms with Crippen molar-refractivity contribution in [3.05, 3.63) is 22.1 Å². The van der Waals surface area contributed by atoms with Crippen LogP contribution in [0.5, 0.6) is 0 Å². The van der Waals surface area contributed by atoms with Crippen LogP contribution in [0.3, 0.4) is 0 Å². The molecule has 1 N–H and O–H groups in total. The number of rotatable bonds is 6. The molecule has 0 spiro atoms. The summed E-state index contributed by atoms with van der Waals surface area (Å²) in [5, 5.41) is 7.95. The molecule has 2 saturated heterocycles. The van der Waals surface area contributed by atoms with Crippen molar-refractivity contribution in [2.24, 2.45) is 0 Å². The molecule has 10 nitrogen and oxygen atoms in total. The Morgan fingerprint density at radius 1 is 1.21 bits per heavy atom. The summed E-state index contributed by atoms with van der Waals surface area (Å²) in [5.41, 5.74) is -0.400. The Kier molecular flexibility index (Phi) is 6.38. The third kappa shape index (κ3) is 4.74. The number of piperazine rings is 1. The van der Waals surface area contributed by atoms with E-state index in [1.807, 2.05) is 0 Å². The molecule has 4 rings (SSSR count). The minimum atomic E-state index is -0.428. The second-order valence-corrected chi connectivity index (χ2v) is 8.34. The number of amides is 1. The quantitative estimate of drug-likeness (QED) is 0.615. The molecule has 2 aromatic heterocycles. The maximum Gasteiger partial charge on any atom is 0.288 e. The van der Waals surface area contributed by atoms with Crippen LogP contribution in [0.2, 0.25) is 0 Å². The second-order valence-electron chi connectivity index (χ2n) is 7.41. The average Bonchev–Trinajstić information content (AvgIpc) is 3.19. The van der Waals surface area contributed by atoms with Gasteiger partial charge >= 0.3 is 0 Å². The van der Waals surface area contributed by atoms with Crippen molar-refractivity contribution >= 4 is 27.3 Å². The van der Waals surface area contributed by atoms with Gasteiger partial charge in [-0.3, -0.25) is 9.59 Å². The van der Waals surface area contributed by atoms with Gasteiger partial charge in [-0.15, -0.1) is 5.10 Å². The third-order valence-electron chi connectivity index (χ3n) is 5.33. The highest BCUT2D eigenvalue weighted by Gasteiger charge is 2.20. The van der Waals surface area contributed by atoms with Gasteiger partial charge in [-0.05, 0) is 20.0 Å². The van der Waals surface area contributed by atoms with E-state index in [1.54, 1.807) is 0 Å². The molecule has 2 aromatic rings. The lowest BCUT2D eigenvalue weighted by atomic mass is 10.3. The van der Waals surface area contributed by atoms with Gasteiger partial charge in [0.05, 0.1) is 13.2 Å². The van der Waals surface area contributed by atoms with E-state index >= 15 is 0 Å². The zero-order valence-electron chi connectivity index (χ0n) is 16.7. The van der Waals surface area contributed by atoms with Crippen molar-refractivity contribution in [1.29, 1.82) is 0 Å². The minimum Gasteiger partial charge on any atom is -0.378 e. The van der Waals surface area contributed by atoms with Crippen molar-refractivity contribution in [1.82, 2.24) is 29.7 Å². The fourth-order valence-electron chi connectivity index (χ4n) is 3.49. The molecular formula is C18H27N7O3S. The van der Waals surface area contributed by atoms with Gasteiger partial charge in [-0.2, -0.15) is 4.52 Å². The number of aromatic nitrogens is 3. The lowest BCUT2D eigenvalue weighted by Crippen LogP contribution is -2.45. The highest BCUT2D eigenvalue weighted by atomic mass is 32.1. The van der Waals surface area contributed by atoms with E-state index in [0.29, 0.717) is 24.7 Å². The van der Waals surface area contributed by atoms with Crippen LogP contribution < -0.4 is 15.8 Å². The van der Waals surface area contributed by atoms with E-state index in [9.17, 15) is 9.59 Å². The van der Waals surface area contributed by atoms with Gasteiger partial charge in [0.2, 0.25) is 10.1 Å². The number of carbonyl (C=O) groups is 1. The van der Waals surface area contributed by atoms with E-state index in [-0.39, 0.29) is 5.56 Å². The molecule has 0 aliphatic carbocycles. The first-order valence-electron chi connectivity index (χ1n) is 10.0. The molecule has 4 heterocycles. The lowest BCUT2D eigenvalue weighted by Gasteiger charge is -2.32. The summed E-state index contributed by atoms with van der Waals surface area (Å²) < 4.78 is 6.58. The Hall–Kier alpha value is -2.08. The van der Waals surface area contributed by atoms with Gasteiger partial charge in [-0.1, -0.05) is 11.3 Å². The van der Waals surface area contributed by atoms with Crippen molar-refractivity contribution in [2.75, 3.05) is 77.5 Å². The van der Waals surface area contributed by atoms with Gasteiger partial charge in [0.1, 0.15) is 5.56 Å². The van der Waals surface area contributed by atoms with Crippen molar-refractivity contribution in [3.8, 4) is 0 Å². The van der Waals surface area contributed by atoms with Gasteiger partial charge in [0, 0.05) is 52.0 Å². The maximum atomic E-state index is 12.7. The van der Waals surface area contributed by atoms with Gasteiger partial charge in [0.25, 0.3) is 11.5 Å². The number of hydrogen-bond acceptors (Lipinski definition) is 9. The van der Waals surface area contributed by atoms with Crippen LogP contribution in [0.25, 0.3) is 4.96 Å². The van der Waals surface area contributed by atoms with Crippen LogP contribution in [-0.4, -0.2) is 103 Å². The summed E-state index contributed by atoms with van der Waals surface area (Å²) in [6.45, 7) is 8.49. The fourth-order valence-corrected chi connectivity index (χ4v) is 4.40. The maximum absolute atomic E-state index is 12.7. The van der Waals surface area contributed by atoms with Gasteiger partial charge < -0.3 is 24.8 Å². The third-order valence-corrected chi connectivity index (χ3v) is 6.32. The standard InChI is InChI=1S/C18H27N7O3S/c1-22-5-7-23(8-6-22)4-2-3-19-15(26)14-13-20-17-25(16(14)27)21-18(29-17)24-9-11-28-12-10-24/h13H,2-12H2,1H3,(H,19,26). The molecule has 2 aliphatic rings. The highest BCUT2D eigenvalue weighted by Crippen LogP contribution is 2.21. The molecule has 0 atom stereocenters. The van der Waals surface area contributed by atoms with Gasteiger partial charge in [-0.25, -0.2) is 4.98 Å². The Balaban J connectivity index is 1.35. The van der Waals surface area contributed by atoms with Crippen LogP contribution in [0.15, 0.2) is 11.0 Å². The molecule has 29 heavy (non-hydrogen) atoms. The van der Waals surface area contributed by atoms with Crippen LogP contribution in [0.4, 0.5) is 5.13 Å². The van der Waals surface area contributed by atoms with Crippen LogP contribution >= 0.6 is 11.3 Å². The zero-order valence-corrected chi connectivity index (χ0v) is 17.5. The number of morpholine rings is 1. The van der Waals surface area contributed by atoms with E-state index in [1.165, 1.54) is 22.0 Å². The van der Waals surface area contributed by atoms with Crippen molar-refractivity contribution in [2.45, 2.75) is 6.42 Å². The highest BCUT2D eigenvalue weighted by molar-refractivity contribution is 7.20. The van der Waals surface area contributed by atoms with E-state index < -0.39 is 11.5 Å². The van der Waals surface area contributed by atoms with E-state index in [4.69, 9.17) is 4.74 Å². The van der Waals surface area contributed by atoms with E-state index in [2.05, 4.69) is 37.1 Å². The summed E-state index contributed by atoms with van der Waals surface area (Å²) in [4.78, 5) is 36.8. The topological polar surface area (TPSA) is 95.3 Å². The number of ether oxygens (including phenoxy) is 1. The van der Waals surface area contributed by atoms with Gasteiger partial charge in [0.15, 0.2) is 0 Å². The molecule has 0 bridgehead atoms. The first-order valence-corrected chi connectivity index (χ1v) is 10.8. The van der Waals surface area contributed by atoms with Crippen molar-refractivity contribution < 1.29 is 9.53 Å². The number of nitrogens with zero attached hydrogens (tertiary/aromatic N) is 6. The summed E-state index contributed by atoms with van der Waals surface area (Å²) in [6.07, 6.45) is 2.21. The average molecular weight is 422 g/mol. The van der Waals surface area contributed by atoms with Crippen LogP contribution in [0.1, 0.15) is 16.8 Å². The van der Waals surface area contributed by atoms with E-state index in [0.717, 1.165) is 57.4 Å².